The Bertz CT molecular complexity index is 531. The van der Waals surface area contributed by atoms with E-state index in [1.54, 1.807) is 0 Å². The molecular formula is C19H32N2O8. The molecule has 0 aromatic heterocycles. The molecular weight excluding hydrogens is 384 g/mol. The van der Waals surface area contributed by atoms with E-state index in [2.05, 4.69) is 10.6 Å². The predicted molar refractivity (Wildman–Crippen MR) is 101 cm³/mol. The van der Waals surface area contributed by atoms with Crippen LogP contribution in [0.3, 0.4) is 0 Å². The highest BCUT2D eigenvalue weighted by Crippen LogP contribution is 2.51. The fourth-order valence-electron chi connectivity index (χ4n) is 2.73. The van der Waals surface area contributed by atoms with Gasteiger partial charge in [-0.3, -0.25) is 9.59 Å². The van der Waals surface area contributed by atoms with Gasteiger partial charge in [0.2, 0.25) is 11.8 Å². The second-order valence-electron chi connectivity index (χ2n) is 7.29. The maximum atomic E-state index is 12.3. The van der Waals surface area contributed by atoms with Crippen LogP contribution in [0.25, 0.3) is 0 Å². The lowest BCUT2D eigenvalue weighted by atomic mass is 9.96. The minimum Gasteiger partial charge on any atom is -0.464 e. The van der Waals surface area contributed by atoms with Crippen molar-refractivity contribution >= 4 is 23.8 Å². The van der Waals surface area contributed by atoms with Crippen LogP contribution in [0.5, 0.6) is 0 Å². The normalized spacial score (nSPS) is 16.3. The van der Waals surface area contributed by atoms with Crippen molar-refractivity contribution in [3.05, 3.63) is 0 Å². The number of rotatable bonds is 14. The number of carbonyl (C=O) groups excluding carboxylic acids is 4. The van der Waals surface area contributed by atoms with Crippen LogP contribution in [-0.4, -0.2) is 72.5 Å². The lowest BCUT2D eigenvalue weighted by Gasteiger charge is -2.20. The number of amides is 2. The topological polar surface area (TPSA) is 151 Å². The number of hydrogen-bond donors (Lipinski definition) is 4. The molecule has 4 N–H and O–H groups in total. The summed E-state index contributed by atoms with van der Waals surface area (Å²) >= 11 is 0. The molecule has 0 bridgehead atoms. The number of esters is 2. The summed E-state index contributed by atoms with van der Waals surface area (Å²) < 4.78 is 9.83. The van der Waals surface area contributed by atoms with E-state index in [1.165, 1.54) is 0 Å². The largest absolute Gasteiger partial charge is 0.464 e. The number of aliphatic hydroxyl groups is 2. The van der Waals surface area contributed by atoms with Gasteiger partial charge >= 0.3 is 11.9 Å². The van der Waals surface area contributed by atoms with Crippen molar-refractivity contribution < 1.29 is 38.9 Å². The molecule has 0 aliphatic heterocycles. The van der Waals surface area contributed by atoms with Crippen molar-refractivity contribution in [1.29, 1.82) is 0 Å². The van der Waals surface area contributed by atoms with Gasteiger partial charge in [0.25, 0.3) is 0 Å². The third-order valence-corrected chi connectivity index (χ3v) is 4.53. The van der Waals surface area contributed by atoms with E-state index >= 15 is 0 Å². The van der Waals surface area contributed by atoms with Gasteiger partial charge in [-0.05, 0) is 31.1 Å². The second-order valence-corrected chi connectivity index (χ2v) is 7.29. The lowest BCUT2D eigenvalue weighted by Crippen LogP contribution is -2.46. The molecule has 1 saturated carbocycles. The van der Waals surface area contributed by atoms with Gasteiger partial charge in [-0.25, -0.2) is 9.59 Å². The number of ether oxygens (including phenoxy) is 2. The van der Waals surface area contributed by atoms with Gasteiger partial charge in [-0.1, -0.05) is 13.8 Å². The highest BCUT2D eigenvalue weighted by atomic mass is 16.5. The molecule has 0 unspecified atom stereocenters. The summed E-state index contributed by atoms with van der Waals surface area (Å²) in [6.07, 6.45) is 2.53. The molecule has 0 radical (unpaired) electrons. The summed E-state index contributed by atoms with van der Waals surface area (Å²) in [6, 6.07) is -2.29. The first kappa shape index (κ1) is 24.8. The van der Waals surface area contributed by atoms with E-state index < -0.39 is 54.5 Å². The Balaban J connectivity index is 2.51. The van der Waals surface area contributed by atoms with E-state index in [0.29, 0.717) is 25.7 Å². The SMILES string of the molecule is CCCOC(=O)[C@@H](CO)NC(=O)CC1(CC(=O)N[C@H](CO)C(=O)OCCC)CC1. The molecule has 10 nitrogen and oxygen atoms in total. The molecule has 0 heterocycles. The average Bonchev–Trinajstić information content (AvgIpc) is 3.44. The van der Waals surface area contributed by atoms with Gasteiger partial charge in [0, 0.05) is 12.8 Å². The van der Waals surface area contributed by atoms with Crippen LogP contribution in [0.2, 0.25) is 0 Å². The van der Waals surface area contributed by atoms with Crippen LogP contribution >= 0.6 is 0 Å². The molecule has 166 valence electrons. The summed E-state index contributed by atoms with van der Waals surface area (Å²) in [5.74, 6) is -2.35. The van der Waals surface area contributed by atoms with Gasteiger partial charge in [0.05, 0.1) is 26.4 Å². The van der Waals surface area contributed by atoms with Crippen molar-refractivity contribution in [2.24, 2.45) is 5.41 Å². The van der Waals surface area contributed by atoms with E-state index in [4.69, 9.17) is 9.47 Å². The Morgan fingerprint density at radius 1 is 0.828 bits per heavy atom. The fourth-order valence-corrected chi connectivity index (χ4v) is 2.73. The second kappa shape index (κ2) is 12.4. The van der Waals surface area contributed by atoms with Gasteiger partial charge in [-0.2, -0.15) is 0 Å². The van der Waals surface area contributed by atoms with E-state index in [0.717, 1.165) is 0 Å². The van der Waals surface area contributed by atoms with Crippen LogP contribution in [0.1, 0.15) is 52.4 Å². The van der Waals surface area contributed by atoms with Crippen molar-refractivity contribution in [2.45, 2.75) is 64.5 Å². The smallest absolute Gasteiger partial charge is 0.331 e. The number of nitrogens with one attached hydrogen (secondary N) is 2. The molecule has 1 aliphatic carbocycles. The standard InChI is InChI=1S/C19H32N2O8/c1-3-7-28-17(26)13(11-22)20-15(24)9-19(5-6-19)10-16(25)21-14(12-23)18(27)29-8-4-2/h13-14,22-23H,3-12H2,1-2H3,(H,20,24)(H,21,25)/t13-,14-/m1/s1. The minimum atomic E-state index is -1.15. The maximum Gasteiger partial charge on any atom is 0.331 e. The number of hydrogen-bond acceptors (Lipinski definition) is 8. The maximum absolute atomic E-state index is 12.3. The van der Waals surface area contributed by atoms with Crippen LogP contribution in [0.4, 0.5) is 0 Å². The predicted octanol–water partition coefficient (Wildman–Crippen LogP) is -0.593. The summed E-state index contributed by atoms with van der Waals surface area (Å²) in [7, 11) is 0. The molecule has 1 rings (SSSR count). The molecule has 0 saturated heterocycles. The molecule has 0 aromatic carbocycles. The van der Waals surface area contributed by atoms with Crippen LogP contribution in [-0.2, 0) is 28.7 Å². The van der Waals surface area contributed by atoms with Gasteiger partial charge < -0.3 is 30.3 Å². The Kier molecular flexibility index (Phi) is 10.6. The molecule has 2 amide bonds. The van der Waals surface area contributed by atoms with Crippen LogP contribution in [0.15, 0.2) is 0 Å². The summed E-state index contributed by atoms with van der Waals surface area (Å²) in [4.78, 5) is 48.1. The van der Waals surface area contributed by atoms with Gasteiger partial charge in [0.15, 0.2) is 12.1 Å². The zero-order valence-corrected chi connectivity index (χ0v) is 17.1. The Morgan fingerprint density at radius 3 is 1.48 bits per heavy atom. The van der Waals surface area contributed by atoms with Gasteiger partial charge in [0.1, 0.15) is 0 Å². The first-order valence-electron chi connectivity index (χ1n) is 9.94. The van der Waals surface area contributed by atoms with Crippen molar-refractivity contribution in [1.82, 2.24) is 10.6 Å². The van der Waals surface area contributed by atoms with Crippen molar-refractivity contribution in [3.8, 4) is 0 Å². The van der Waals surface area contributed by atoms with E-state index in [-0.39, 0.29) is 26.1 Å². The Morgan fingerprint density at radius 2 is 1.21 bits per heavy atom. The summed E-state index contributed by atoms with van der Waals surface area (Å²) in [5, 5.41) is 23.5. The van der Waals surface area contributed by atoms with E-state index in [1.807, 2.05) is 13.8 Å². The molecule has 0 aromatic rings. The van der Waals surface area contributed by atoms with Crippen LogP contribution in [0, 0.1) is 5.41 Å². The molecule has 29 heavy (non-hydrogen) atoms. The third-order valence-electron chi connectivity index (χ3n) is 4.53. The van der Waals surface area contributed by atoms with Crippen molar-refractivity contribution in [2.75, 3.05) is 26.4 Å². The van der Waals surface area contributed by atoms with Crippen LogP contribution < -0.4 is 10.6 Å². The van der Waals surface area contributed by atoms with E-state index in [9.17, 15) is 29.4 Å². The Hall–Kier alpha value is -2.20. The third kappa shape index (κ3) is 8.78. The highest BCUT2D eigenvalue weighted by Gasteiger charge is 2.46. The Labute approximate surface area is 170 Å². The molecule has 0 spiro atoms. The minimum absolute atomic E-state index is 0.00203. The first-order valence-corrected chi connectivity index (χ1v) is 9.94. The molecule has 2 atom stereocenters. The number of aliphatic hydroxyl groups excluding tert-OH is 2. The zero-order chi connectivity index (χ0) is 21.9. The fraction of sp³-hybridized carbons (Fsp3) is 0.789. The molecule has 1 fully saturated rings. The summed E-state index contributed by atoms with van der Waals surface area (Å²) in [6.45, 7) is 2.88. The molecule has 10 heteroatoms. The monoisotopic (exact) mass is 416 g/mol. The average molecular weight is 416 g/mol. The first-order chi connectivity index (χ1) is 13.8. The summed E-state index contributed by atoms with van der Waals surface area (Å²) in [5.41, 5.74) is -0.561. The van der Waals surface area contributed by atoms with Gasteiger partial charge in [-0.15, -0.1) is 0 Å². The van der Waals surface area contributed by atoms with Crippen molar-refractivity contribution in [3.63, 3.8) is 0 Å². The molecule has 1 aliphatic rings. The highest BCUT2D eigenvalue weighted by molar-refractivity contribution is 5.87. The quantitative estimate of drug-likeness (QED) is 0.274. The lowest BCUT2D eigenvalue weighted by molar-refractivity contribution is -0.149. The number of carbonyl (C=O) groups is 4. The zero-order valence-electron chi connectivity index (χ0n) is 17.1.